The van der Waals surface area contributed by atoms with E-state index >= 15 is 0 Å². The number of nitrogens with two attached hydrogens (primary N) is 1. The Balaban J connectivity index is 1.93. The summed E-state index contributed by atoms with van der Waals surface area (Å²) in [4.78, 5) is 30.6. The minimum absolute atomic E-state index is 0.144. The van der Waals surface area contributed by atoms with Crippen molar-refractivity contribution in [3.8, 4) is 0 Å². The van der Waals surface area contributed by atoms with Gasteiger partial charge >= 0.3 is 0 Å². The van der Waals surface area contributed by atoms with Gasteiger partial charge < -0.3 is 11.1 Å². The molecule has 1 aromatic rings. The molecule has 1 aromatic heterocycles. The Morgan fingerprint density at radius 3 is 2.90 bits per heavy atom. The van der Waals surface area contributed by atoms with Gasteiger partial charge in [-0.1, -0.05) is 6.92 Å². The lowest BCUT2D eigenvalue weighted by Crippen LogP contribution is -2.43. The highest BCUT2D eigenvalue weighted by Gasteiger charge is 2.30. The minimum Gasteiger partial charge on any atom is -0.368 e. The first-order valence-corrected chi connectivity index (χ1v) is 7.62. The highest BCUT2D eigenvalue weighted by molar-refractivity contribution is 7.15. The van der Waals surface area contributed by atoms with Crippen LogP contribution in [-0.2, 0) is 16.0 Å². The van der Waals surface area contributed by atoms with Crippen molar-refractivity contribution in [3.63, 3.8) is 0 Å². The summed E-state index contributed by atoms with van der Waals surface area (Å²) in [5, 5.41) is 3.42. The quantitative estimate of drug-likeness (QED) is 0.845. The van der Waals surface area contributed by atoms with Gasteiger partial charge in [0.15, 0.2) is 5.13 Å². The van der Waals surface area contributed by atoms with E-state index in [0.29, 0.717) is 5.13 Å². The minimum atomic E-state index is -0.353. The molecule has 0 spiro atoms. The van der Waals surface area contributed by atoms with Gasteiger partial charge in [0.1, 0.15) is 0 Å². The zero-order valence-corrected chi connectivity index (χ0v) is 12.6. The average Bonchev–Trinajstić information content (AvgIpc) is 2.95. The van der Waals surface area contributed by atoms with E-state index in [2.05, 4.69) is 10.3 Å². The lowest BCUT2D eigenvalue weighted by Gasteiger charge is -2.20. The van der Waals surface area contributed by atoms with Crippen LogP contribution >= 0.6 is 11.3 Å². The summed E-state index contributed by atoms with van der Waals surface area (Å²) in [5.41, 5.74) is 6.35. The number of anilines is 1. The number of amides is 2. The Kier molecular flexibility index (Phi) is 4.72. The van der Waals surface area contributed by atoms with Gasteiger partial charge in [-0.25, -0.2) is 4.98 Å². The molecule has 1 unspecified atom stereocenters. The first-order chi connectivity index (χ1) is 9.51. The number of nitrogens with one attached hydrogen (secondary N) is 1. The van der Waals surface area contributed by atoms with Gasteiger partial charge in [0.25, 0.3) is 0 Å². The first kappa shape index (κ1) is 14.9. The lowest BCUT2D eigenvalue weighted by molar-refractivity contribution is -0.123. The summed E-state index contributed by atoms with van der Waals surface area (Å²) in [6, 6.07) is -0.315. The molecular formula is C13H20N4O2S. The van der Waals surface area contributed by atoms with E-state index in [4.69, 9.17) is 5.73 Å². The maximum absolute atomic E-state index is 12.0. The number of primary amides is 1. The summed E-state index contributed by atoms with van der Waals surface area (Å²) in [7, 11) is 0. The molecule has 1 atom stereocenters. The van der Waals surface area contributed by atoms with Crippen molar-refractivity contribution in [3.05, 3.63) is 10.6 Å². The van der Waals surface area contributed by atoms with Crippen LogP contribution in [0.3, 0.4) is 0 Å². The largest absolute Gasteiger partial charge is 0.368 e. The average molecular weight is 296 g/mol. The number of thiazole rings is 1. The molecule has 2 rings (SSSR count). The lowest BCUT2D eigenvalue weighted by atomic mass is 10.2. The predicted molar refractivity (Wildman–Crippen MR) is 78.6 cm³/mol. The van der Waals surface area contributed by atoms with Crippen LogP contribution in [0.5, 0.6) is 0 Å². The topological polar surface area (TPSA) is 88.3 Å². The van der Waals surface area contributed by atoms with E-state index in [9.17, 15) is 9.59 Å². The Labute approximate surface area is 122 Å². The molecule has 0 saturated carbocycles. The number of hydrogen-bond donors (Lipinski definition) is 2. The fourth-order valence-electron chi connectivity index (χ4n) is 2.49. The van der Waals surface area contributed by atoms with Gasteiger partial charge in [-0.2, -0.15) is 0 Å². The molecule has 1 fully saturated rings. The third-order valence-corrected chi connectivity index (χ3v) is 4.44. The summed E-state index contributed by atoms with van der Waals surface area (Å²) in [6.07, 6.45) is 2.49. The molecule has 110 valence electrons. The van der Waals surface area contributed by atoms with Crippen molar-refractivity contribution in [1.29, 1.82) is 0 Å². The van der Waals surface area contributed by atoms with Crippen LogP contribution in [0.25, 0.3) is 0 Å². The monoisotopic (exact) mass is 296 g/mol. The molecule has 1 aliphatic rings. The van der Waals surface area contributed by atoms with Crippen molar-refractivity contribution >= 4 is 28.3 Å². The number of likely N-dealkylation sites (tertiary alicyclic amines) is 1. The van der Waals surface area contributed by atoms with E-state index in [1.807, 2.05) is 18.7 Å². The number of aryl methyl sites for hydroxylation is 2. The van der Waals surface area contributed by atoms with E-state index in [1.165, 1.54) is 11.3 Å². The maximum atomic E-state index is 12.0. The van der Waals surface area contributed by atoms with Crippen molar-refractivity contribution in [2.45, 2.75) is 39.2 Å². The molecule has 2 amide bonds. The summed E-state index contributed by atoms with van der Waals surface area (Å²) in [6.45, 7) is 4.96. The van der Waals surface area contributed by atoms with Gasteiger partial charge in [0.2, 0.25) is 11.8 Å². The second kappa shape index (κ2) is 6.32. The standard InChI is InChI=1S/C13H20N4O2S/c1-3-9-8(2)20-13(15-9)16-11(18)7-17-6-4-5-10(17)12(14)19/h10H,3-7H2,1-2H3,(H2,14,19)(H,15,16,18). The molecule has 1 saturated heterocycles. The summed E-state index contributed by atoms with van der Waals surface area (Å²) < 4.78 is 0. The fourth-order valence-corrected chi connectivity index (χ4v) is 3.41. The van der Waals surface area contributed by atoms with E-state index in [1.54, 1.807) is 0 Å². The van der Waals surface area contributed by atoms with Crippen LogP contribution in [0.2, 0.25) is 0 Å². The molecule has 0 bridgehead atoms. The van der Waals surface area contributed by atoms with Crippen LogP contribution in [0, 0.1) is 6.92 Å². The van der Waals surface area contributed by atoms with Gasteiger partial charge in [-0.3, -0.25) is 14.5 Å². The molecule has 0 aromatic carbocycles. The Bertz CT molecular complexity index is 514. The number of carbonyl (C=O) groups excluding carboxylic acids is 2. The molecule has 0 aliphatic carbocycles. The second-order valence-corrected chi connectivity index (χ2v) is 6.16. The highest BCUT2D eigenvalue weighted by atomic mass is 32.1. The number of rotatable bonds is 5. The number of aromatic nitrogens is 1. The number of carbonyl (C=O) groups is 2. The van der Waals surface area contributed by atoms with Crippen LogP contribution in [0.4, 0.5) is 5.13 Å². The SMILES string of the molecule is CCc1nc(NC(=O)CN2CCCC2C(N)=O)sc1C. The Hall–Kier alpha value is -1.47. The van der Waals surface area contributed by atoms with Crippen molar-refractivity contribution < 1.29 is 9.59 Å². The molecule has 20 heavy (non-hydrogen) atoms. The molecule has 0 radical (unpaired) electrons. The molecule has 6 nitrogen and oxygen atoms in total. The van der Waals surface area contributed by atoms with E-state index < -0.39 is 0 Å². The van der Waals surface area contributed by atoms with Gasteiger partial charge in [0.05, 0.1) is 18.3 Å². The molecule has 2 heterocycles. The third-order valence-electron chi connectivity index (χ3n) is 3.51. The Morgan fingerprint density at radius 2 is 2.30 bits per heavy atom. The van der Waals surface area contributed by atoms with E-state index in [0.717, 1.165) is 36.4 Å². The summed E-state index contributed by atoms with van der Waals surface area (Å²) in [5.74, 6) is -0.497. The van der Waals surface area contributed by atoms with Crippen molar-refractivity contribution in [2.75, 3.05) is 18.4 Å². The van der Waals surface area contributed by atoms with Crippen LogP contribution in [0.15, 0.2) is 0 Å². The second-order valence-electron chi connectivity index (χ2n) is 4.95. The predicted octanol–water partition coefficient (Wildman–Crippen LogP) is 0.902. The smallest absolute Gasteiger partial charge is 0.240 e. The first-order valence-electron chi connectivity index (χ1n) is 6.80. The molecule has 7 heteroatoms. The van der Waals surface area contributed by atoms with Crippen molar-refractivity contribution in [1.82, 2.24) is 9.88 Å². The van der Waals surface area contributed by atoms with E-state index in [-0.39, 0.29) is 24.4 Å². The summed E-state index contributed by atoms with van der Waals surface area (Å²) >= 11 is 1.48. The van der Waals surface area contributed by atoms with Gasteiger partial charge in [0, 0.05) is 4.88 Å². The zero-order chi connectivity index (χ0) is 14.7. The number of hydrogen-bond acceptors (Lipinski definition) is 5. The normalized spacial score (nSPS) is 19.2. The van der Waals surface area contributed by atoms with Crippen LogP contribution < -0.4 is 11.1 Å². The fraction of sp³-hybridized carbons (Fsp3) is 0.615. The van der Waals surface area contributed by atoms with Gasteiger partial charge in [-0.05, 0) is 32.7 Å². The molecular weight excluding hydrogens is 276 g/mol. The number of nitrogens with zero attached hydrogens (tertiary/aromatic N) is 2. The van der Waals surface area contributed by atoms with Crippen LogP contribution in [-0.4, -0.2) is 40.8 Å². The Morgan fingerprint density at radius 1 is 1.55 bits per heavy atom. The van der Waals surface area contributed by atoms with Crippen LogP contribution in [0.1, 0.15) is 30.3 Å². The highest BCUT2D eigenvalue weighted by Crippen LogP contribution is 2.22. The van der Waals surface area contributed by atoms with Crippen molar-refractivity contribution in [2.24, 2.45) is 5.73 Å². The maximum Gasteiger partial charge on any atom is 0.240 e. The third kappa shape index (κ3) is 3.34. The molecule has 1 aliphatic heterocycles. The molecule has 3 N–H and O–H groups in total. The van der Waals surface area contributed by atoms with Gasteiger partial charge in [-0.15, -0.1) is 11.3 Å². The zero-order valence-electron chi connectivity index (χ0n) is 11.8.